The average molecular weight is 278 g/mol. The maximum absolute atomic E-state index is 11.9. The third-order valence-electron chi connectivity index (χ3n) is 3.22. The average Bonchev–Trinajstić information content (AvgIpc) is 2.90. The smallest absolute Gasteiger partial charge is 0.343 e. The minimum absolute atomic E-state index is 0.329. The molecule has 0 spiro atoms. The SMILES string of the molecule is COc1ccc(/C=C2\C=C(c3ccccc3)OC2=O)cc1. The van der Waals surface area contributed by atoms with Crippen molar-refractivity contribution in [1.82, 2.24) is 0 Å². The lowest BCUT2D eigenvalue weighted by atomic mass is 10.1. The molecule has 0 saturated heterocycles. The molecule has 3 rings (SSSR count). The zero-order valence-electron chi connectivity index (χ0n) is 11.6. The Morgan fingerprint density at radius 3 is 2.38 bits per heavy atom. The molecule has 0 N–H and O–H groups in total. The molecule has 2 aromatic rings. The van der Waals surface area contributed by atoms with E-state index in [0.29, 0.717) is 11.3 Å². The van der Waals surface area contributed by atoms with E-state index in [9.17, 15) is 4.79 Å². The number of rotatable bonds is 3. The van der Waals surface area contributed by atoms with Crippen molar-refractivity contribution in [2.75, 3.05) is 7.11 Å². The summed E-state index contributed by atoms with van der Waals surface area (Å²) in [7, 11) is 1.62. The first-order valence-electron chi connectivity index (χ1n) is 6.61. The molecule has 0 saturated carbocycles. The van der Waals surface area contributed by atoms with Gasteiger partial charge in [0.2, 0.25) is 0 Å². The molecule has 0 aliphatic carbocycles. The van der Waals surface area contributed by atoms with Crippen LogP contribution in [0.1, 0.15) is 11.1 Å². The van der Waals surface area contributed by atoms with Crippen LogP contribution < -0.4 is 4.74 Å². The molecule has 0 amide bonds. The van der Waals surface area contributed by atoms with Gasteiger partial charge >= 0.3 is 5.97 Å². The fourth-order valence-electron chi connectivity index (χ4n) is 2.11. The van der Waals surface area contributed by atoms with Crippen molar-refractivity contribution >= 4 is 17.8 Å². The van der Waals surface area contributed by atoms with Crippen molar-refractivity contribution in [3.63, 3.8) is 0 Å². The van der Waals surface area contributed by atoms with Crippen LogP contribution in [0.3, 0.4) is 0 Å². The van der Waals surface area contributed by atoms with Crippen molar-refractivity contribution in [2.45, 2.75) is 0 Å². The summed E-state index contributed by atoms with van der Waals surface area (Å²) in [5.74, 6) is 1.04. The number of hydrogen-bond donors (Lipinski definition) is 0. The van der Waals surface area contributed by atoms with E-state index in [2.05, 4.69) is 0 Å². The van der Waals surface area contributed by atoms with Crippen molar-refractivity contribution in [3.8, 4) is 5.75 Å². The highest BCUT2D eigenvalue weighted by atomic mass is 16.5. The lowest BCUT2D eigenvalue weighted by molar-refractivity contribution is -0.130. The van der Waals surface area contributed by atoms with Gasteiger partial charge in [0.1, 0.15) is 11.5 Å². The summed E-state index contributed by atoms with van der Waals surface area (Å²) in [6.07, 6.45) is 3.57. The third-order valence-corrected chi connectivity index (χ3v) is 3.22. The summed E-state index contributed by atoms with van der Waals surface area (Å²) in [6, 6.07) is 17.1. The Hall–Kier alpha value is -2.81. The molecule has 0 bridgehead atoms. The highest BCUT2D eigenvalue weighted by Crippen LogP contribution is 2.27. The molecule has 0 aromatic heterocycles. The number of hydrogen-bond acceptors (Lipinski definition) is 3. The fourth-order valence-corrected chi connectivity index (χ4v) is 2.11. The van der Waals surface area contributed by atoms with Gasteiger partial charge in [-0.15, -0.1) is 0 Å². The molecule has 1 aliphatic heterocycles. The van der Waals surface area contributed by atoms with Crippen LogP contribution in [0.4, 0.5) is 0 Å². The van der Waals surface area contributed by atoms with Gasteiger partial charge in [0.15, 0.2) is 0 Å². The van der Waals surface area contributed by atoms with Gasteiger partial charge in [-0.2, -0.15) is 0 Å². The van der Waals surface area contributed by atoms with Crippen LogP contribution in [-0.4, -0.2) is 13.1 Å². The van der Waals surface area contributed by atoms with Crippen LogP contribution in [0, 0.1) is 0 Å². The minimum Gasteiger partial charge on any atom is -0.497 e. The Bertz CT molecular complexity index is 710. The van der Waals surface area contributed by atoms with Gasteiger partial charge in [-0.05, 0) is 29.8 Å². The quantitative estimate of drug-likeness (QED) is 0.634. The number of esters is 1. The minimum atomic E-state index is -0.329. The number of cyclic esters (lactones) is 1. The van der Waals surface area contributed by atoms with Crippen molar-refractivity contribution < 1.29 is 14.3 Å². The van der Waals surface area contributed by atoms with Gasteiger partial charge in [0, 0.05) is 5.56 Å². The summed E-state index contributed by atoms with van der Waals surface area (Å²) in [5.41, 5.74) is 2.36. The zero-order chi connectivity index (χ0) is 14.7. The molecule has 0 unspecified atom stereocenters. The summed E-state index contributed by atoms with van der Waals surface area (Å²) in [5, 5.41) is 0. The van der Waals surface area contributed by atoms with Crippen LogP contribution in [0.5, 0.6) is 5.75 Å². The molecular weight excluding hydrogens is 264 g/mol. The Morgan fingerprint density at radius 2 is 1.71 bits per heavy atom. The number of carbonyl (C=O) groups excluding carboxylic acids is 1. The zero-order valence-corrected chi connectivity index (χ0v) is 11.6. The highest BCUT2D eigenvalue weighted by Gasteiger charge is 2.21. The van der Waals surface area contributed by atoms with Gasteiger partial charge in [0.25, 0.3) is 0 Å². The maximum atomic E-state index is 11.9. The number of ether oxygens (including phenoxy) is 2. The second-order valence-electron chi connectivity index (χ2n) is 4.64. The molecule has 21 heavy (non-hydrogen) atoms. The largest absolute Gasteiger partial charge is 0.497 e. The Morgan fingerprint density at radius 1 is 1.00 bits per heavy atom. The molecule has 0 atom stereocenters. The third kappa shape index (κ3) is 2.87. The predicted octanol–water partition coefficient (Wildman–Crippen LogP) is 3.68. The number of benzene rings is 2. The van der Waals surface area contributed by atoms with E-state index in [1.807, 2.05) is 54.6 Å². The monoisotopic (exact) mass is 278 g/mol. The van der Waals surface area contributed by atoms with Gasteiger partial charge in [-0.25, -0.2) is 4.79 Å². The number of carbonyl (C=O) groups is 1. The summed E-state index contributed by atoms with van der Waals surface area (Å²) < 4.78 is 10.4. The van der Waals surface area contributed by atoms with E-state index in [4.69, 9.17) is 9.47 Å². The molecule has 104 valence electrons. The van der Waals surface area contributed by atoms with Crippen LogP contribution in [0.15, 0.2) is 66.2 Å². The molecule has 0 fully saturated rings. The van der Waals surface area contributed by atoms with E-state index >= 15 is 0 Å². The van der Waals surface area contributed by atoms with Crippen LogP contribution in [0.25, 0.3) is 11.8 Å². The van der Waals surface area contributed by atoms with Crippen LogP contribution in [-0.2, 0) is 9.53 Å². The van der Waals surface area contributed by atoms with E-state index in [1.54, 1.807) is 19.3 Å². The topological polar surface area (TPSA) is 35.5 Å². The van der Waals surface area contributed by atoms with Crippen LogP contribution >= 0.6 is 0 Å². The standard InChI is InChI=1S/C18H14O3/c1-20-16-9-7-13(8-10-16)11-15-12-17(21-18(15)19)14-5-3-2-4-6-14/h2-12H,1H3/b15-11+. The first-order chi connectivity index (χ1) is 10.3. The normalized spacial score (nSPS) is 15.8. The second-order valence-corrected chi connectivity index (χ2v) is 4.64. The van der Waals surface area contributed by atoms with Crippen molar-refractivity contribution in [1.29, 1.82) is 0 Å². The van der Waals surface area contributed by atoms with E-state index in [1.165, 1.54) is 0 Å². The summed E-state index contributed by atoms with van der Waals surface area (Å²) in [6.45, 7) is 0. The second kappa shape index (κ2) is 5.67. The molecule has 3 heteroatoms. The van der Waals surface area contributed by atoms with Crippen molar-refractivity contribution in [3.05, 3.63) is 77.4 Å². The molecule has 1 heterocycles. The maximum Gasteiger partial charge on any atom is 0.343 e. The first-order valence-corrected chi connectivity index (χ1v) is 6.61. The lowest BCUT2D eigenvalue weighted by Gasteiger charge is -2.00. The first kappa shape index (κ1) is 13.2. The van der Waals surface area contributed by atoms with Crippen LogP contribution in [0.2, 0.25) is 0 Å². The predicted molar refractivity (Wildman–Crippen MR) is 81.5 cm³/mol. The summed E-state index contributed by atoms with van der Waals surface area (Å²) in [4.78, 5) is 11.9. The molecule has 2 aromatic carbocycles. The van der Waals surface area contributed by atoms with Gasteiger partial charge in [0.05, 0.1) is 12.7 Å². The lowest BCUT2D eigenvalue weighted by Crippen LogP contribution is -1.97. The van der Waals surface area contributed by atoms with Gasteiger partial charge < -0.3 is 9.47 Å². The summed E-state index contributed by atoms with van der Waals surface area (Å²) >= 11 is 0. The van der Waals surface area contributed by atoms with E-state index in [-0.39, 0.29) is 5.97 Å². The Labute approximate surface area is 123 Å². The number of methoxy groups -OCH3 is 1. The molecule has 1 aliphatic rings. The van der Waals surface area contributed by atoms with Gasteiger partial charge in [-0.1, -0.05) is 42.5 Å². The van der Waals surface area contributed by atoms with Crippen molar-refractivity contribution in [2.24, 2.45) is 0 Å². The van der Waals surface area contributed by atoms with E-state index < -0.39 is 0 Å². The fraction of sp³-hybridized carbons (Fsp3) is 0.0556. The van der Waals surface area contributed by atoms with Gasteiger partial charge in [-0.3, -0.25) is 0 Å². The Kier molecular flexibility index (Phi) is 3.56. The molecular formula is C18H14O3. The Balaban J connectivity index is 1.89. The highest BCUT2D eigenvalue weighted by molar-refractivity contribution is 6.05. The molecule has 3 nitrogen and oxygen atoms in total. The van der Waals surface area contributed by atoms with E-state index in [0.717, 1.165) is 16.9 Å². The molecule has 0 radical (unpaired) electrons.